The van der Waals surface area contributed by atoms with Crippen molar-refractivity contribution in [1.82, 2.24) is 4.31 Å². The lowest BCUT2D eigenvalue weighted by molar-refractivity contribution is -0.118. The Morgan fingerprint density at radius 3 is 2.53 bits per heavy atom. The number of methoxy groups -OCH3 is 1. The second kappa shape index (κ2) is 10.3. The van der Waals surface area contributed by atoms with Crippen LogP contribution in [-0.2, 0) is 19.6 Å². The van der Waals surface area contributed by atoms with Crippen molar-refractivity contribution in [2.75, 3.05) is 45.3 Å². The van der Waals surface area contributed by atoms with Crippen LogP contribution in [0.15, 0.2) is 41.3 Å². The maximum absolute atomic E-state index is 12.9. The van der Waals surface area contributed by atoms with Crippen LogP contribution in [-0.4, -0.2) is 58.7 Å². The number of carbonyl (C=O) groups excluding carboxylic acids is 1. The maximum atomic E-state index is 12.9. The molecule has 0 bridgehead atoms. The van der Waals surface area contributed by atoms with E-state index in [-0.39, 0.29) is 17.2 Å². The van der Waals surface area contributed by atoms with Gasteiger partial charge in [-0.25, -0.2) is 8.42 Å². The molecule has 1 aliphatic heterocycles. The van der Waals surface area contributed by atoms with Crippen LogP contribution in [0.5, 0.6) is 11.5 Å². The Hall–Kier alpha value is -2.62. The van der Waals surface area contributed by atoms with E-state index < -0.39 is 15.9 Å². The molecule has 0 unspecified atom stereocenters. The van der Waals surface area contributed by atoms with Crippen LogP contribution in [0.2, 0.25) is 0 Å². The number of hydrogen-bond donors (Lipinski definition) is 1. The number of benzene rings is 2. The lowest BCUT2D eigenvalue weighted by Gasteiger charge is -2.26. The highest BCUT2D eigenvalue weighted by Crippen LogP contribution is 2.29. The summed E-state index contributed by atoms with van der Waals surface area (Å²) in [6.45, 7) is 7.23. The topological polar surface area (TPSA) is 94.2 Å². The summed E-state index contributed by atoms with van der Waals surface area (Å²) in [5.74, 6) is 0.889. The fourth-order valence-electron chi connectivity index (χ4n) is 3.41. The molecule has 8 nitrogen and oxygen atoms in total. The number of carbonyl (C=O) groups is 1. The lowest BCUT2D eigenvalue weighted by atomic mass is 10.0. The van der Waals surface area contributed by atoms with Gasteiger partial charge in [-0.1, -0.05) is 19.9 Å². The third kappa shape index (κ3) is 5.79. The first-order valence-electron chi connectivity index (χ1n) is 10.5. The molecular weight excluding hydrogens is 432 g/mol. The molecule has 1 saturated heterocycles. The van der Waals surface area contributed by atoms with Crippen LogP contribution in [0.1, 0.15) is 30.9 Å². The number of nitrogens with zero attached hydrogens (tertiary/aromatic N) is 1. The van der Waals surface area contributed by atoms with Crippen molar-refractivity contribution in [3.8, 4) is 11.5 Å². The SMILES string of the molecule is COc1ccc(S(=O)(=O)N2CCOCC2)cc1NC(=O)COc1cc(C)cc(C(C)C)c1. The third-order valence-electron chi connectivity index (χ3n) is 5.16. The molecule has 0 radical (unpaired) electrons. The number of amides is 1. The minimum atomic E-state index is -3.70. The molecule has 0 aliphatic carbocycles. The van der Waals surface area contributed by atoms with Gasteiger partial charge in [0.1, 0.15) is 11.5 Å². The van der Waals surface area contributed by atoms with E-state index in [4.69, 9.17) is 14.2 Å². The van der Waals surface area contributed by atoms with Crippen molar-refractivity contribution in [3.63, 3.8) is 0 Å². The first kappa shape index (κ1) is 24.0. The van der Waals surface area contributed by atoms with Gasteiger partial charge in [-0.15, -0.1) is 0 Å². The number of hydrogen-bond acceptors (Lipinski definition) is 6. The number of anilines is 1. The van der Waals surface area contributed by atoms with Crippen molar-refractivity contribution in [1.29, 1.82) is 0 Å². The Balaban J connectivity index is 1.73. The summed E-state index contributed by atoms with van der Waals surface area (Å²) in [5.41, 5.74) is 2.44. The van der Waals surface area contributed by atoms with Gasteiger partial charge >= 0.3 is 0 Å². The standard InChI is InChI=1S/C23H30N2O6S/c1-16(2)18-11-17(3)12-19(13-18)31-15-23(26)24-21-14-20(5-6-22(21)29-4)32(27,28)25-7-9-30-10-8-25/h5-6,11-14,16H,7-10,15H2,1-4H3,(H,24,26). The number of aryl methyl sites for hydroxylation is 1. The summed E-state index contributed by atoms with van der Waals surface area (Å²) in [5, 5.41) is 2.70. The van der Waals surface area contributed by atoms with Crippen LogP contribution in [0.4, 0.5) is 5.69 Å². The molecule has 0 saturated carbocycles. The van der Waals surface area contributed by atoms with E-state index in [1.807, 2.05) is 19.1 Å². The van der Waals surface area contributed by atoms with Crippen molar-refractivity contribution < 1.29 is 27.4 Å². The second-order valence-corrected chi connectivity index (χ2v) is 9.89. The first-order valence-corrected chi connectivity index (χ1v) is 11.9. The lowest BCUT2D eigenvalue weighted by Crippen LogP contribution is -2.40. The minimum absolute atomic E-state index is 0.0803. The van der Waals surface area contributed by atoms with Crippen molar-refractivity contribution in [2.45, 2.75) is 31.6 Å². The molecule has 9 heteroatoms. The highest BCUT2D eigenvalue weighted by molar-refractivity contribution is 7.89. The average molecular weight is 463 g/mol. The Labute approximate surface area is 189 Å². The average Bonchev–Trinajstić information content (AvgIpc) is 2.78. The second-order valence-electron chi connectivity index (χ2n) is 7.95. The molecule has 0 aromatic heterocycles. The van der Waals surface area contributed by atoms with E-state index in [2.05, 4.69) is 25.2 Å². The van der Waals surface area contributed by atoms with Crippen molar-refractivity contribution in [2.24, 2.45) is 0 Å². The van der Waals surface area contributed by atoms with E-state index >= 15 is 0 Å². The van der Waals surface area contributed by atoms with Crippen LogP contribution in [0, 0.1) is 6.92 Å². The molecule has 32 heavy (non-hydrogen) atoms. The number of sulfonamides is 1. The molecule has 174 valence electrons. The third-order valence-corrected chi connectivity index (χ3v) is 7.06. The minimum Gasteiger partial charge on any atom is -0.495 e. The molecule has 3 rings (SSSR count). The smallest absolute Gasteiger partial charge is 0.262 e. The number of ether oxygens (including phenoxy) is 3. The fourth-order valence-corrected chi connectivity index (χ4v) is 4.84. The summed E-state index contributed by atoms with van der Waals surface area (Å²) in [7, 11) is -2.25. The first-order chi connectivity index (χ1) is 15.2. The van der Waals surface area contributed by atoms with Gasteiger partial charge in [0.15, 0.2) is 6.61 Å². The molecule has 0 spiro atoms. The quantitative estimate of drug-likeness (QED) is 0.648. The fraction of sp³-hybridized carbons (Fsp3) is 0.435. The summed E-state index contributed by atoms with van der Waals surface area (Å²) in [4.78, 5) is 12.6. The van der Waals surface area contributed by atoms with Gasteiger partial charge in [-0.05, 0) is 54.3 Å². The predicted octanol–water partition coefficient (Wildman–Crippen LogP) is 3.17. The van der Waals surface area contributed by atoms with Crippen LogP contribution >= 0.6 is 0 Å². The van der Waals surface area contributed by atoms with Gasteiger partial charge in [0.2, 0.25) is 10.0 Å². The zero-order chi connectivity index (χ0) is 23.3. The molecule has 1 aliphatic rings. The van der Waals surface area contributed by atoms with E-state index in [1.165, 1.54) is 29.6 Å². The molecule has 1 fully saturated rings. The maximum Gasteiger partial charge on any atom is 0.262 e. The van der Waals surface area contributed by atoms with Gasteiger partial charge in [-0.2, -0.15) is 4.31 Å². The van der Waals surface area contributed by atoms with Gasteiger partial charge in [-0.3, -0.25) is 4.79 Å². The van der Waals surface area contributed by atoms with Gasteiger partial charge in [0, 0.05) is 13.1 Å². The summed E-state index contributed by atoms with van der Waals surface area (Å²) in [6, 6.07) is 10.3. The number of morpholine rings is 1. The molecule has 1 amide bonds. The van der Waals surface area contributed by atoms with E-state index in [0.29, 0.717) is 43.7 Å². The Morgan fingerprint density at radius 2 is 1.88 bits per heavy atom. The van der Waals surface area contributed by atoms with Crippen molar-refractivity contribution >= 4 is 21.6 Å². The van der Waals surface area contributed by atoms with Crippen LogP contribution in [0.3, 0.4) is 0 Å². The van der Waals surface area contributed by atoms with Gasteiger partial charge in [0.25, 0.3) is 5.91 Å². The van der Waals surface area contributed by atoms with Crippen LogP contribution < -0.4 is 14.8 Å². The molecular formula is C23H30N2O6S. The molecule has 2 aromatic carbocycles. The Kier molecular flexibility index (Phi) is 7.76. The highest BCUT2D eigenvalue weighted by Gasteiger charge is 2.27. The number of rotatable bonds is 8. The normalized spacial score (nSPS) is 14.9. The summed E-state index contributed by atoms with van der Waals surface area (Å²) >= 11 is 0. The van der Waals surface area contributed by atoms with Gasteiger partial charge < -0.3 is 19.5 Å². The molecule has 2 aromatic rings. The van der Waals surface area contributed by atoms with Crippen molar-refractivity contribution in [3.05, 3.63) is 47.5 Å². The molecule has 0 atom stereocenters. The Morgan fingerprint density at radius 1 is 1.16 bits per heavy atom. The Bertz CT molecular complexity index is 1060. The van der Waals surface area contributed by atoms with Gasteiger partial charge in [0.05, 0.1) is 30.9 Å². The zero-order valence-corrected chi connectivity index (χ0v) is 19.7. The molecule has 1 heterocycles. The summed E-state index contributed by atoms with van der Waals surface area (Å²) < 4.78 is 43.5. The predicted molar refractivity (Wildman–Crippen MR) is 122 cm³/mol. The van der Waals surface area contributed by atoms with E-state index in [1.54, 1.807) is 0 Å². The monoisotopic (exact) mass is 462 g/mol. The van der Waals surface area contributed by atoms with E-state index in [9.17, 15) is 13.2 Å². The van der Waals surface area contributed by atoms with Crippen LogP contribution in [0.25, 0.3) is 0 Å². The largest absolute Gasteiger partial charge is 0.495 e. The zero-order valence-electron chi connectivity index (χ0n) is 18.9. The van der Waals surface area contributed by atoms with E-state index in [0.717, 1.165) is 11.1 Å². The highest BCUT2D eigenvalue weighted by atomic mass is 32.2. The molecule has 1 N–H and O–H groups in total. The number of nitrogens with one attached hydrogen (secondary N) is 1. The summed E-state index contributed by atoms with van der Waals surface area (Å²) in [6.07, 6.45) is 0.